The van der Waals surface area contributed by atoms with E-state index in [1.165, 1.54) is 0 Å². The first-order chi connectivity index (χ1) is 9.17. The molecule has 106 valence electrons. The fourth-order valence-corrected chi connectivity index (χ4v) is 2.65. The summed E-state index contributed by atoms with van der Waals surface area (Å²) in [5.41, 5.74) is 1.69. The van der Waals surface area contributed by atoms with Gasteiger partial charge in [-0.05, 0) is 19.4 Å². The van der Waals surface area contributed by atoms with Crippen LogP contribution in [-0.2, 0) is 0 Å². The van der Waals surface area contributed by atoms with Crippen molar-refractivity contribution in [3.8, 4) is 0 Å². The van der Waals surface area contributed by atoms with E-state index in [1.54, 1.807) is 6.20 Å². The van der Waals surface area contributed by atoms with E-state index in [0.29, 0.717) is 0 Å². The van der Waals surface area contributed by atoms with Gasteiger partial charge in [0.05, 0.1) is 12.2 Å². The Morgan fingerprint density at radius 3 is 2.58 bits per heavy atom. The molecule has 0 radical (unpaired) electrons. The van der Waals surface area contributed by atoms with Gasteiger partial charge in [-0.3, -0.25) is 9.69 Å². The summed E-state index contributed by atoms with van der Waals surface area (Å²) in [6.45, 7) is 7.35. The summed E-state index contributed by atoms with van der Waals surface area (Å²) in [5, 5.41) is 9.31. The molecule has 1 fully saturated rings. The number of amides is 1. The molecule has 0 aromatic carbocycles. The monoisotopic (exact) mass is 265 g/mol. The van der Waals surface area contributed by atoms with Crippen LogP contribution in [0.2, 0.25) is 0 Å². The third-order valence-corrected chi connectivity index (χ3v) is 3.98. The van der Waals surface area contributed by atoms with E-state index in [9.17, 15) is 9.90 Å². The zero-order chi connectivity index (χ0) is 13.8. The van der Waals surface area contributed by atoms with Gasteiger partial charge in [0.25, 0.3) is 5.91 Å². The zero-order valence-electron chi connectivity index (χ0n) is 11.7. The number of hydrogen-bond acceptors (Lipinski definition) is 3. The first-order valence-corrected chi connectivity index (χ1v) is 6.95. The van der Waals surface area contributed by atoms with Gasteiger partial charge in [0.2, 0.25) is 0 Å². The number of aromatic nitrogens is 1. The Balaban J connectivity index is 1.93. The highest BCUT2D eigenvalue weighted by Crippen LogP contribution is 2.14. The number of piperazine rings is 1. The van der Waals surface area contributed by atoms with E-state index < -0.39 is 0 Å². The fraction of sp³-hybridized carbons (Fsp3) is 0.643. The molecule has 0 bridgehead atoms. The zero-order valence-corrected chi connectivity index (χ0v) is 11.7. The van der Waals surface area contributed by atoms with Crippen LogP contribution in [0.3, 0.4) is 0 Å². The normalized spacial score (nSPS) is 18.6. The van der Waals surface area contributed by atoms with E-state index in [4.69, 9.17) is 0 Å². The maximum Gasteiger partial charge on any atom is 0.255 e. The number of nitrogens with zero attached hydrogens (tertiary/aromatic N) is 2. The quantitative estimate of drug-likeness (QED) is 0.848. The second-order valence-corrected chi connectivity index (χ2v) is 5.09. The van der Waals surface area contributed by atoms with E-state index in [2.05, 4.69) is 16.8 Å². The number of aromatic amines is 1. The summed E-state index contributed by atoms with van der Waals surface area (Å²) >= 11 is 0. The number of nitrogens with one attached hydrogen (secondary N) is 1. The number of H-pyrrole nitrogens is 1. The van der Waals surface area contributed by atoms with Crippen molar-refractivity contribution >= 4 is 5.91 Å². The molecule has 1 saturated heterocycles. The van der Waals surface area contributed by atoms with E-state index in [1.807, 2.05) is 17.9 Å². The second-order valence-electron chi connectivity index (χ2n) is 5.09. The molecule has 0 saturated carbocycles. The fourth-order valence-electron chi connectivity index (χ4n) is 2.65. The van der Waals surface area contributed by atoms with Gasteiger partial charge in [-0.25, -0.2) is 0 Å². The average Bonchev–Trinajstić information content (AvgIpc) is 2.86. The van der Waals surface area contributed by atoms with Crippen molar-refractivity contribution in [2.24, 2.45) is 0 Å². The minimum absolute atomic E-state index is 0.107. The van der Waals surface area contributed by atoms with Gasteiger partial charge in [-0.1, -0.05) is 6.92 Å². The van der Waals surface area contributed by atoms with Crippen LogP contribution in [0.15, 0.2) is 12.3 Å². The van der Waals surface area contributed by atoms with E-state index >= 15 is 0 Å². The minimum atomic E-state index is 0.107. The van der Waals surface area contributed by atoms with Crippen LogP contribution in [0, 0.1) is 6.92 Å². The molecular formula is C14H23N3O2. The summed E-state index contributed by atoms with van der Waals surface area (Å²) in [7, 11) is 0. The molecule has 2 heterocycles. The lowest BCUT2D eigenvalue weighted by Crippen LogP contribution is -2.52. The van der Waals surface area contributed by atoms with Crippen LogP contribution in [0.4, 0.5) is 0 Å². The third kappa shape index (κ3) is 2.98. The highest BCUT2D eigenvalue weighted by atomic mass is 16.3. The molecule has 0 spiro atoms. The standard InChI is InChI=1S/C14H23N3O2/c1-3-12(10-18)16-6-8-17(9-7-16)14(19)13-4-5-15-11(13)2/h4-5,12,15,18H,3,6-10H2,1-2H3. The van der Waals surface area contributed by atoms with Crippen molar-refractivity contribution in [1.82, 2.24) is 14.8 Å². The lowest BCUT2D eigenvalue weighted by molar-refractivity contribution is 0.0472. The van der Waals surface area contributed by atoms with Crippen LogP contribution in [0.5, 0.6) is 0 Å². The van der Waals surface area contributed by atoms with Crippen LogP contribution in [-0.4, -0.2) is 64.6 Å². The topological polar surface area (TPSA) is 59.6 Å². The van der Waals surface area contributed by atoms with Crippen LogP contribution in [0.1, 0.15) is 29.4 Å². The molecule has 2 N–H and O–H groups in total. The summed E-state index contributed by atoms with van der Waals surface area (Å²) < 4.78 is 0. The van der Waals surface area contributed by atoms with Crippen LogP contribution >= 0.6 is 0 Å². The van der Waals surface area contributed by atoms with Crippen molar-refractivity contribution in [3.63, 3.8) is 0 Å². The molecular weight excluding hydrogens is 242 g/mol. The van der Waals surface area contributed by atoms with Crippen molar-refractivity contribution < 1.29 is 9.90 Å². The third-order valence-electron chi connectivity index (χ3n) is 3.98. The molecule has 1 atom stereocenters. The first-order valence-electron chi connectivity index (χ1n) is 6.95. The SMILES string of the molecule is CCC(CO)N1CCN(C(=O)c2cc[nH]c2C)CC1. The number of aryl methyl sites for hydroxylation is 1. The van der Waals surface area contributed by atoms with Crippen molar-refractivity contribution in [1.29, 1.82) is 0 Å². The Hall–Kier alpha value is -1.33. The highest BCUT2D eigenvalue weighted by molar-refractivity contribution is 5.95. The molecule has 0 aliphatic carbocycles. The Kier molecular flexibility index (Phi) is 4.61. The van der Waals surface area contributed by atoms with Gasteiger partial charge in [-0.2, -0.15) is 0 Å². The molecule has 1 amide bonds. The Bertz CT molecular complexity index is 418. The second kappa shape index (κ2) is 6.21. The number of hydrogen-bond donors (Lipinski definition) is 2. The number of carbonyl (C=O) groups excluding carboxylic acids is 1. The van der Waals surface area contributed by atoms with Gasteiger partial charge in [-0.15, -0.1) is 0 Å². The molecule has 19 heavy (non-hydrogen) atoms. The number of carbonyl (C=O) groups is 1. The lowest BCUT2D eigenvalue weighted by Gasteiger charge is -2.38. The molecule has 1 aliphatic rings. The first kappa shape index (κ1) is 14.1. The average molecular weight is 265 g/mol. The largest absolute Gasteiger partial charge is 0.395 e. The summed E-state index contributed by atoms with van der Waals surface area (Å²) in [6, 6.07) is 2.07. The van der Waals surface area contributed by atoms with Gasteiger partial charge < -0.3 is 15.0 Å². The molecule has 1 aromatic heterocycles. The Morgan fingerprint density at radius 2 is 2.11 bits per heavy atom. The van der Waals surface area contributed by atoms with Crippen molar-refractivity contribution in [3.05, 3.63) is 23.5 Å². The number of aliphatic hydroxyl groups excluding tert-OH is 1. The molecule has 2 rings (SSSR count). The molecule has 5 heteroatoms. The Morgan fingerprint density at radius 1 is 1.42 bits per heavy atom. The molecule has 1 aliphatic heterocycles. The molecule has 5 nitrogen and oxygen atoms in total. The van der Waals surface area contributed by atoms with Crippen molar-refractivity contribution in [2.75, 3.05) is 32.8 Å². The molecule has 1 unspecified atom stereocenters. The van der Waals surface area contributed by atoms with Crippen LogP contribution in [0.25, 0.3) is 0 Å². The predicted molar refractivity (Wildman–Crippen MR) is 74.2 cm³/mol. The highest BCUT2D eigenvalue weighted by Gasteiger charge is 2.26. The summed E-state index contributed by atoms with van der Waals surface area (Å²) in [4.78, 5) is 19.5. The lowest BCUT2D eigenvalue weighted by atomic mass is 10.1. The van der Waals surface area contributed by atoms with Crippen molar-refractivity contribution in [2.45, 2.75) is 26.3 Å². The Labute approximate surface area is 114 Å². The smallest absolute Gasteiger partial charge is 0.255 e. The van der Waals surface area contributed by atoms with Crippen LogP contribution < -0.4 is 0 Å². The molecule has 1 aromatic rings. The summed E-state index contributed by atoms with van der Waals surface area (Å²) in [5.74, 6) is 0.107. The van der Waals surface area contributed by atoms with Gasteiger partial charge in [0.15, 0.2) is 0 Å². The minimum Gasteiger partial charge on any atom is -0.395 e. The summed E-state index contributed by atoms with van der Waals surface area (Å²) in [6.07, 6.45) is 2.75. The van der Waals surface area contributed by atoms with Gasteiger partial charge in [0.1, 0.15) is 0 Å². The van der Waals surface area contributed by atoms with E-state index in [0.717, 1.165) is 43.9 Å². The maximum absolute atomic E-state index is 12.3. The maximum atomic E-state index is 12.3. The predicted octanol–water partition coefficient (Wildman–Crippen LogP) is 0.852. The number of rotatable bonds is 4. The van der Waals surface area contributed by atoms with Gasteiger partial charge in [0, 0.05) is 44.1 Å². The van der Waals surface area contributed by atoms with Gasteiger partial charge >= 0.3 is 0 Å². The van der Waals surface area contributed by atoms with E-state index in [-0.39, 0.29) is 18.6 Å². The number of aliphatic hydroxyl groups is 1.